The molecule has 0 aromatic carbocycles. The van der Waals surface area contributed by atoms with E-state index in [0.29, 0.717) is 11.4 Å². The minimum atomic E-state index is -3.49. The smallest absolute Gasteiger partial charge is 0.251 e. The van der Waals surface area contributed by atoms with Crippen molar-refractivity contribution in [2.45, 2.75) is 6.42 Å². The topological polar surface area (TPSA) is 120 Å². The predicted molar refractivity (Wildman–Crippen MR) is 76.3 cm³/mol. The highest BCUT2D eigenvalue weighted by molar-refractivity contribution is 7.89. The summed E-state index contributed by atoms with van der Waals surface area (Å²) in [5.41, 5.74) is 0.435. The summed E-state index contributed by atoms with van der Waals surface area (Å²) in [5.74, 6) is 0.113. The number of carbonyl (C=O) groups excluding carboxylic acids is 1. The van der Waals surface area contributed by atoms with Crippen LogP contribution in [-0.4, -0.2) is 41.2 Å². The zero-order valence-corrected chi connectivity index (χ0v) is 12.0. The molecule has 0 aliphatic heterocycles. The van der Waals surface area contributed by atoms with E-state index < -0.39 is 10.0 Å². The summed E-state index contributed by atoms with van der Waals surface area (Å²) in [6.45, 7) is 0.234. The van der Waals surface area contributed by atoms with Crippen molar-refractivity contribution in [1.29, 1.82) is 0 Å². The number of carbonyl (C=O) groups is 1. The molecule has 0 atom stereocenters. The van der Waals surface area contributed by atoms with E-state index in [9.17, 15) is 13.2 Å². The van der Waals surface area contributed by atoms with E-state index in [1.54, 1.807) is 35.4 Å². The summed E-state index contributed by atoms with van der Waals surface area (Å²) in [6.07, 6.45) is 6.70. The van der Waals surface area contributed by atoms with E-state index in [4.69, 9.17) is 5.14 Å². The second-order valence-electron chi connectivity index (χ2n) is 4.35. The lowest BCUT2D eigenvalue weighted by molar-refractivity contribution is 0.0953. The fraction of sp³-hybridized carbons (Fsp3) is 0.250. The third-order valence-electron chi connectivity index (χ3n) is 2.67. The highest BCUT2D eigenvalue weighted by Crippen LogP contribution is 2.06. The Labute approximate surface area is 122 Å². The maximum absolute atomic E-state index is 11.9. The molecular weight excluding hydrogens is 294 g/mol. The van der Waals surface area contributed by atoms with Gasteiger partial charge in [-0.3, -0.25) is 9.36 Å². The third kappa shape index (κ3) is 4.65. The molecule has 0 radical (unpaired) electrons. The van der Waals surface area contributed by atoms with Gasteiger partial charge in [-0.25, -0.2) is 23.5 Å². The quantitative estimate of drug-likeness (QED) is 0.708. The van der Waals surface area contributed by atoms with Crippen molar-refractivity contribution in [1.82, 2.24) is 19.9 Å². The lowest BCUT2D eigenvalue weighted by Gasteiger charge is -2.06. The molecular formula is C12H15N5O3S. The molecule has 0 bridgehead atoms. The average molecular weight is 309 g/mol. The summed E-state index contributed by atoms with van der Waals surface area (Å²) in [5, 5.41) is 7.51. The molecule has 0 aliphatic carbocycles. The summed E-state index contributed by atoms with van der Waals surface area (Å²) in [6, 6.07) is 3.20. The number of rotatable bonds is 6. The Morgan fingerprint density at radius 2 is 2.19 bits per heavy atom. The van der Waals surface area contributed by atoms with Crippen molar-refractivity contribution >= 4 is 15.9 Å². The van der Waals surface area contributed by atoms with Crippen LogP contribution in [0.25, 0.3) is 5.82 Å². The van der Waals surface area contributed by atoms with Gasteiger partial charge in [0.2, 0.25) is 10.0 Å². The number of hydrogen-bond acceptors (Lipinski definition) is 5. The first-order valence-corrected chi connectivity index (χ1v) is 7.90. The Balaban J connectivity index is 1.95. The molecule has 2 heterocycles. The Kier molecular flexibility index (Phi) is 4.66. The monoisotopic (exact) mass is 309 g/mol. The van der Waals surface area contributed by atoms with Gasteiger partial charge in [-0.15, -0.1) is 0 Å². The SMILES string of the molecule is NS(=O)(=O)CCCNC(=O)c1ccnc(-n2ccnc2)c1. The van der Waals surface area contributed by atoms with Gasteiger partial charge < -0.3 is 5.32 Å². The second kappa shape index (κ2) is 6.46. The number of amides is 1. The van der Waals surface area contributed by atoms with Crippen LogP contribution in [0.15, 0.2) is 37.1 Å². The molecule has 8 nitrogen and oxygen atoms in total. The van der Waals surface area contributed by atoms with E-state index >= 15 is 0 Å². The molecule has 1 amide bonds. The summed E-state index contributed by atoms with van der Waals surface area (Å²) in [7, 11) is -3.49. The van der Waals surface area contributed by atoms with Crippen LogP contribution in [0.3, 0.4) is 0 Å². The van der Waals surface area contributed by atoms with E-state index in [-0.39, 0.29) is 24.6 Å². The van der Waals surface area contributed by atoms with Crippen LogP contribution in [0.2, 0.25) is 0 Å². The minimum absolute atomic E-state index is 0.163. The van der Waals surface area contributed by atoms with Gasteiger partial charge in [0.15, 0.2) is 0 Å². The summed E-state index contributed by atoms with van der Waals surface area (Å²) < 4.78 is 23.2. The molecule has 0 spiro atoms. The molecule has 0 fully saturated rings. The Hall–Kier alpha value is -2.26. The summed E-state index contributed by atoms with van der Waals surface area (Å²) in [4.78, 5) is 20.0. The van der Waals surface area contributed by atoms with Crippen LogP contribution in [0.4, 0.5) is 0 Å². The highest BCUT2D eigenvalue weighted by Gasteiger charge is 2.08. The zero-order chi connectivity index (χ0) is 15.3. The van der Waals surface area contributed by atoms with Crippen molar-refractivity contribution in [3.05, 3.63) is 42.6 Å². The van der Waals surface area contributed by atoms with Crippen molar-refractivity contribution in [2.24, 2.45) is 5.14 Å². The van der Waals surface area contributed by atoms with E-state index in [2.05, 4.69) is 15.3 Å². The first kappa shape index (κ1) is 15.1. The number of sulfonamides is 1. The van der Waals surface area contributed by atoms with Gasteiger partial charge in [-0.05, 0) is 18.6 Å². The Morgan fingerprint density at radius 3 is 2.86 bits per heavy atom. The van der Waals surface area contributed by atoms with Crippen LogP contribution in [-0.2, 0) is 10.0 Å². The lowest BCUT2D eigenvalue weighted by Crippen LogP contribution is -2.27. The normalized spacial score (nSPS) is 11.3. The molecule has 0 saturated carbocycles. The van der Waals surface area contributed by atoms with Crippen LogP contribution in [0, 0.1) is 0 Å². The first-order chi connectivity index (χ1) is 9.96. The van der Waals surface area contributed by atoms with Crippen molar-refractivity contribution < 1.29 is 13.2 Å². The van der Waals surface area contributed by atoms with Gasteiger partial charge in [-0.2, -0.15) is 0 Å². The fourth-order valence-corrected chi connectivity index (χ4v) is 2.22. The van der Waals surface area contributed by atoms with Crippen molar-refractivity contribution in [3.8, 4) is 5.82 Å². The number of imidazole rings is 1. The molecule has 9 heteroatoms. The summed E-state index contributed by atoms with van der Waals surface area (Å²) >= 11 is 0. The highest BCUT2D eigenvalue weighted by atomic mass is 32.2. The molecule has 2 aromatic rings. The molecule has 2 rings (SSSR count). The van der Waals surface area contributed by atoms with Gasteiger partial charge >= 0.3 is 0 Å². The average Bonchev–Trinajstić information content (AvgIpc) is 2.96. The molecule has 3 N–H and O–H groups in total. The van der Waals surface area contributed by atoms with Gasteiger partial charge in [0.1, 0.15) is 12.1 Å². The van der Waals surface area contributed by atoms with E-state index in [1.165, 1.54) is 6.20 Å². The zero-order valence-electron chi connectivity index (χ0n) is 11.1. The molecule has 21 heavy (non-hydrogen) atoms. The number of hydrogen-bond donors (Lipinski definition) is 2. The fourth-order valence-electron chi connectivity index (χ4n) is 1.67. The molecule has 2 aromatic heterocycles. The largest absolute Gasteiger partial charge is 0.352 e. The molecule has 0 unspecified atom stereocenters. The number of aromatic nitrogens is 3. The third-order valence-corrected chi connectivity index (χ3v) is 3.53. The second-order valence-corrected chi connectivity index (χ2v) is 6.08. The molecule has 0 aliphatic rings. The minimum Gasteiger partial charge on any atom is -0.352 e. The number of primary sulfonamides is 1. The van der Waals surface area contributed by atoms with E-state index in [0.717, 1.165) is 0 Å². The van der Waals surface area contributed by atoms with Crippen LogP contribution >= 0.6 is 0 Å². The number of nitrogens with one attached hydrogen (secondary N) is 1. The predicted octanol–water partition coefficient (Wildman–Crippen LogP) is -0.324. The lowest BCUT2D eigenvalue weighted by atomic mass is 10.2. The molecule has 0 saturated heterocycles. The van der Waals surface area contributed by atoms with Gasteiger partial charge in [0, 0.05) is 30.7 Å². The van der Waals surface area contributed by atoms with E-state index in [1.807, 2.05) is 0 Å². The van der Waals surface area contributed by atoms with Crippen LogP contribution in [0.1, 0.15) is 16.8 Å². The number of nitrogens with two attached hydrogens (primary N) is 1. The van der Waals surface area contributed by atoms with Gasteiger partial charge in [-0.1, -0.05) is 0 Å². The van der Waals surface area contributed by atoms with Crippen molar-refractivity contribution in [2.75, 3.05) is 12.3 Å². The maximum atomic E-state index is 11.9. The maximum Gasteiger partial charge on any atom is 0.251 e. The van der Waals surface area contributed by atoms with Gasteiger partial charge in [0.05, 0.1) is 5.75 Å². The van der Waals surface area contributed by atoms with Crippen LogP contribution in [0.5, 0.6) is 0 Å². The van der Waals surface area contributed by atoms with Crippen LogP contribution < -0.4 is 10.5 Å². The number of pyridine rings is 1. The molecule has 112 valence electrons. The number of nitrogens with zero attached hydrogens (tertiary/aromatic N) is 3. The van der Waals surface area contributed by atoms with Gasteiger partial charge in [0.25, 0.3) is 5.91 Å². The first-order valence-electron chi connectivity index (χ1n) is 6.19. The van der Waals surface area contributed by atoms with Crippen molar-refractivity contribution in [3.63, 3.8) is 0 Å². The Morgan fingerprint density at radius 1 is 1.38 bits per heavy atom. The standard InChI is InChI=1S/C12H15N5O3S/c13-21(19,20)7-1-3-16-12(18)10-2-4-15-11(8-10)17-6-5-14-9-17/h2,4-6,8-9H,1,3,7H2,(H,16,18)(H2,13,19,20). The Bertz CT molecular complexity index is 712.